The molecule has 0 aromatic carbocycles. The van der Waals surface area contributed by atoms with E-state index in [1.807, 2.05) is 0 Å². The summed E-state index contributed by atoms with van der Waals surface area (Å²) in [6.07, 6.45) is 10.5. The molecule has 0 saturated heterocycles. The lowest BCUT2D eigenvalue weighted by Gasteiger charge is -2.29. The van der Waals surface area contributed by atoms with Crippen LogP contribution in [0.3, 0.4) is 0 Å². The third kappa shape index (κ3) is 3.10. The fraction of sp³-hybridized carbons (Fsp3) is 0.857. The molecule has 2 saturated carbocycles. The second kappa shape index (κ2) is 5.39. The van der Waals surface area contributed by atoms with Crippen molar-refractivity contribution >= 4 is 0 Å². The number of aromatic nitrogens is 2. The van der Waals surface area contributed by atoms with Crippen LogP contribution in [0.2, 0.25) is 0 Å². The van der Waals surface area contributed by atoms with Crippen molar-refractivity contribution in [3.8, 4) is 0 Å². The Bertz CT molecular complexity index is 380. The second-order valence-corrected chi connectivity index (χ2v) is 5.96. The van der Waals surface area contributed by atoms with Crippen LogP contribution >= 0.6 is 0 Å². The average Bonchev–Trinajstić information content (AvgIpc) is 3.10. The fourth-order valence-electron chi connectivity index (χ4n) is 2.88. The van der Waals surface area contributed by atoms with Gasteiger partial charge in [-0.2, -0.15) is 4.98 Å². The van der Waals surface area contributed by atoms with Gasteiger partial charge in [0.2, 0.25) is 5.89 Å². The smallest absolute Gasteiger partial charge is 0.240 e. The van der Waals surface area contributed by atoms with E-state index in [0.29, 0.717) is 6.04 Å². The zero-order valence-electron chi connectivity index (χ0n) is 11.3. The molecule has 0 aliphatic heterocycles. The third-order valence-corrected chi connectivity index (χ3v) is 4.26. The summed E-state index contributed by atoms with van der Waals surface area (Å²) in [5.74, 6) is 2.52. The van der Waals surface area contributed by atoms with E-state index in [2.05, 4.69) is 22.1 Å². The lowest BCUT2D eigenvalue weighted by Crippen LogP contribution is -2.32. The molecule has 2 fully saturated rings. The highest BCUT2D eigenvalue weighted by molar-refractivity contribution is 4.92. The van der Waals surface area contributed by atoms with Gasteiger partial charge in [0.1, 0.15) is 0 Å². The molecule has 1 aromatic rings. The van der Waals surface area contributed by atoms with E-state index in [1.165, 1.54) is 44.9 Å². The zero-order valence-corrected chi connectivity index (χ0v) is 11.3. The molecule has 2 aliphatic carbocycles. The number of hydrogen-bond donors (Lipinski definition) is 0. The van der Waals surface area contributed by atoms with Crippen molar-refractivity contribution in [1.82, 2.24) is 15.0 Å². The topological polar surface area (TPSA) is 42.2 Å². The van der Waals surface area contributed by atoms with Gasteiger partial charge in [-0.25, -0.2) is 0 Å². The predicted octanol–water partition coefficient (Wildman–Crippen LogP) is 2.79. The van der Waals surface area contributed by atoms with Gasteiger partial charge < -0.3 is 4.52 Å². The molecular weight excluding hydrogens is 226 g/mol. The highest BCUT2D eigenvalue weighted by Gasteiger charge is 2.25. The van der Waals surface area contributed by atoms with Crippen molar-refractivity contribution in [2.45, 2.75) is 64.0 Å². The molecule has 4 heteroatoms. The standard InChI is InChI=1S/C14H23N3O/c1-17(12-5-3-2-4-6-12)10-14-15-13(16-18-14)9-11-7-8-11/h11-12H,2-10H2,1H3. The lowest BCUT2D eigenvalue weighted by molar-refractivity contribution is 0.165. The summed E-state index contributed by atoms with van der Waals surface area (Å²) in [5, 5.41) is 4.08. The molecule has 0 amide bonds. The summed E-state index contributed by atoms with van der Waals surface area (Å²) in [7, 11) is 2.18. The largest absolute Gasteiger partial charge is 0.338 e. The van der Waals surface area contributed by atoms with Crippen molar-refractivity contribution < 1.29 is 4.52 Å². The first-order valence-electron chi connectivity index (χ1n) is 7.33. The first kappa shape index (κ1) is 12.2. The van der Waals surface area contributed by atoms with Crippen molar-refractivity contribution in [2.75, 3.05) is 7.05 Å². The van der Waals surface area contributed by atoms with Crippen LogP contribution in [0.15, 0.2) is 4.52 Å². The Morgan fingerprint density at radius 3 is 2.67 bits per heavy atom. The van der Waals surface area contributed by atoms with Gasteiger partial charge >= 0.3 is 0 Å². The zero-order chi connectivity index (χ0) is 12.4. The van der Waals surface area contributed by atoms with Crippen LogP contribution in [0.1, 0.15) is 56.7 Å². The average molecular weight is 249 g/mol. The summed E-state index contributed by atoms with van der Waals surface area (Å²) in [5.41, 5.74) is 0. The summed E-state index contributed by atoms with van der Waals surface area (Å²) in [4.78, 5) is 6.89. The maximum absolute atomic E-state index is 5.35. The van der Waals surface area contributed by atoms with Crippen molar-refractivity contribution in [3.63, 3.8) is 0 Å². The molecule has 0 spiro atoms. The molecule has 0 bridgehead atoms. The van der Waals surface area contributed by atoms with Crippen LogP contribution in [-0.4, -0.2) is 28.1 Å². The van der Waals surface area contributed by atoms with E-state index in [0.717, 1.165) is 30.6 Å². The van der Waals surface area contributed by atoms with Gasteiger partial charge in [0.15, 0.2) is 5.82 Å². The number of hydrogen-bond acceptors (Lipinski definition) is 4. The van der Waals surface area contributed by atoms with Gasteiger partial charge in [0.05, 0.1) is 6.54 Å². The normalized spacial score (nSPS) is 21.7. The van der Waals surface area contributed by atoms with Crippen LogP contribution in [0.25, 0.3) is 0 Å². The van der Waals surface area contributed by atoms with Gasteiger partial charge in [0, 0.05) is 12.5 Å². The van der Waals surface area contributed by atoms with E-state index in [4.69, 9.17) is 4.52 Å². The minimum Gasteiger partial charge on any atom is -0.338 e. The molecule has 0 atom stereocenters. The highest BCUT2D eigenvalue weighted by Crippen LogP contribution is 2.31. The Labute approximate surface area is 109 Å². The van der Waals surface area contributed by atoms with Crippen LogP contribution in [-0.2, 0) is 13.0 Å². The maximum atomic E-state index is 5.35. The third-order valence-electron chi connectivity index (χ3n) is 4.26. The Morgan fingerprint density at radius 2 is 1.94 bits per heavy atom. The molecule has 3 rings (SSSR count). The Kier molecular flexibility index (Phi) is 3.64. The van der Waals surface area contributed by atoms with E-state index in [9.17, 15) is 0 Å². The molecule has 1 aromatic heterocycles. The quantitative estimate of drug-likeness (QED) is 0.804. The van der Waals surface area contributed by atoms with E-state index < -0.39 is 0 Å². The fourth-order valence-corrected chi connectivity index (χ4v) is 2.88. The Hall–Kier alpha value is -0.900. The monoisotopic (exact) mass is 249 g/mol. The molecule has 0 radical (unpaired) electrons. The first-order chi connectivity index (χ1) is 8.81. The van der Waals surface area contributed by atoms with Crippen LogP contribution in [0.4, 0.5) is 0 Å². The SMILES string of the molecule is CN(Cc1nc(CC2CC2)no1)C1CCCCC1. The molecule has 18 heavy (non-hydrogen) atoms. The summed E-state index contributed by atoms with van der Waals surface area (Å²) >= 11 is 0. The Balaban J connectivity index is 1.52. The minimum absolute atomic E-state index is 0.706. The van der Waals surface area contributed by atoms with Gasteiger partial charge in [-0.05, 0) is 38.6 Å². The van der Waals surface area contributed by atoms with E-state index >= 15 is 0 Å². The van der Waals surface area contributed by atoms with E-state index in [1.54, 1.807) is 0 Å². The van der Waals surface area contributed by atoms with Gasteiger partial charge in [-0.1, -0.05) is 24.4 Å². The van der Waals surface area contributed by atoms with Crippen LogP contribution in [0.5, 0.6) is 0 Å². The maximum Gasteiger partial charge on any atom is 0.240 e. The van der Waals surface area contributed by atoms with Crippen molar-refractivity contribution in [3.05, 3.63) is 11.7 Å². The van der Waals surface area contributed by atoms with Crippen molar-refractivity contribution in [1.29, 1.82) is 0 Å². The molecule has 0 unspecified atom stereocenters. The number of rotatable bonds is 5. The summed E-state index contributed by atoms with van der Waals surface area (Å²) in [6, 6.07) is 0.706. The Morgan fingerprint density at radius 1 is 1.17 bits per heavy atom. The van der Waals surface area contributed by atoms with Gasteiger partial charge in [-0.3, -0.25) is 4.90 Å². The summed E-state index contributed by atoms with van der Waals surface area (Å²) < 4.78 is 5.35. The molecule has 1 heterocycles. The molecule has 4 nitrogen and oxygen atoms in total. The van der Waals surface area contributed by atoms with Gasteiger partial charge in [-0.15, -0.1) is 0 Å². The number of nitrogens with zero attached hydrogens (tertiary/aromatic N) is 3. The van der Waals surface area contributed by atoms with Crippen LogP contribution in [0, 0.1) is 5.92 Å². The molecule has 0 N–H and O–H groups in total. The van der Waals surface area contributed by atoms with Gasteiger partial charge in [0.25, 0.3) is 0 Å². The molecular formula is C14H23N3O. The van der Waals surface area contributed by atoms with E-state index in [-0.39, 0.29) is 0 Å². The molecule has 2 aliphatic rings. The molecule has 100 valence electrons. The lowest BCUT2D eigenvalue weighted by atomic mass is 9.94. The second-order valence-electron chi connectivity index (χ2n) is 5.96. The minimum atomic E-state index is 0.706. The van der Waals surface area contributed by atoms with Crippen molar-refractivity contribution in [2.24, 2.45) is 5.92 Å². The highest BCUT2D eigenvalue weighted by atomic mass is 16.5. The first-order valence-corrected chi connectivity index (χ1v) is 7.33. The van der Waals surface area contributed by atoms with Crippen LogP contribution < -0.4 is 0 Å². The summed E-state index contributed by atoms with van der Waals surface area (Å²) in [6.45, 7) is 0.808. The predicted molar refractivity (Wildman–Crippen MR) is 69.1 cm³/mol.